The second-order valence-corrected chi connectivity index (χ2v) is 8.53. The Morgan fingerprint density at radius 1 is 1.18 bits per heavy atom. The van der Waals surface area contributed by atoms with Crippen LogP contribution in [0.4, 0.5) is 4.79 Å². The normalized spacial score (nSPS) is 32.6. The number of amides is 2. The number of urea groups is 1. The van der Waals surface area contributed by atoms with Crippen LogP contribution >= 0.6 is 0 Å². The Labute approximate surface area is 129 Å². The highest BCUT2D eigenvalue weighted by Gasteiger charge is 2.50. The third kappa shape index (κ3) is 2.28. The highest BCUT2D eigenvalue weighted by atomic mass is 32.2. The second kappa shape index (κ2) is 4.96. The van der Waals surface area contributed by atoms with E-state index >= 15 is 0 Å². The van der Waals surface area contributed by atoms with Crippen molar-refractivity contribution in [3.63, 3.8) is 0 Å². The number of carbonyl (C=O) groups excluding carboxylic acids is 1. The first kappa shape index (κ1) is 14.0. The van der Waals surface area contributed by atoms with Crippen LogP contribution < -0.4 is 0 Å². The number of likely N-dealkylation sites (tertiary alicyclic amines) is 1. The topological polar surface area (TPSA) is 70.0 Å². The first-order valence-corrected chi connectivity index (χ1v) is 9.29. The summed E-state index contributed by atoms with van der Waals surface area (Å²) in [5, 5.41) is 0.944. The number of benzene rings is 1. The number of sulfone groups is 1. The van der Waals surface area contributed by atoms with E-state index in [9.17, 15) is 13.2 Å². The predicted octanol–water partition coefficient (Wildman–Crippen LogP) is 1.56. The van der Waals surface area contributed by atoms with Gasteiger partial charge < -0.3 is 4.90 Å². The van der Waals surface area contributed by atoms with Gasteiger partial charge in [-0.3, -0.25) is 0 Å². The SMILES string of the molecule is O=C(N1CC2CCCS(=O)(=O)C2C1)N1OC1c1ccccc1. The van der Waals surface area contributed by atoms with Gasteiger partial charge in [0.1, 0.15) is 0 Å². The molecule has 0 aromatic heterocycles. The summed E-state index contributed by atoms with van der Waals surface area (Å²) in [5.74, 6) is 0.334. The second-order valence-electron chi connectivity index (χ2n) is 6.19. The van der Waals surface area contributed by atoms with E-state index in [0.717, 1.165) is 12.0 Å². The van der Waals surface area contributed by atoms with Gasteiger partial charge in [-0.15, -0.1) is 0 Å². The Bertz CT molecular complexity index is 691. The summed E-state index contributed by atoms with van der Waals surface area (Å²) in [7, 11) is -3.05. The molecule has 0 N–H and O–H groups in total. The molecule has 1 aromatic rings. The van der Waals surface area contributed by atoms with Crippen molar-refractivity contribution in [3.8, 4) is 0 Å². The number of hydroxylamine groups is 2. The van der Waals surface area contributed by atoms with Crippen molar-refractivity contribution >= 4 is 15.9 Å². The lowest BCUT2D eigenvalue weighted by atomic mass is 10.0. The standard InChI is InChI=1S/C15H18N2O4S/c18-15(17-14(21-17)11-5-2-1-3-6-11)16-9-12-7-4-8-22(19,20)13(12)10-16/h1-3,5-6,12-14H,4,7-10H2. The minimum absolute atomic E-state index is 0.0813. The monoisotopic (exact) mass is 322 g/mol. The van der Waals surface area contributed by atoms with Gasteiger partial charge in [-0.2, -0.15) is 5.06 Å². The van der Waals surface area contributed by atoms with Gasteiger partial charge in [0.25, 0.3) is 0 Å². The number of nitrogens with zero attached hydrogens (tertiary/aromatic N) is 2. The Morgan fingerprint density at radius 3 is 2.68 bits per heavy atom. The Morgan fingerprint density at radius 2 is 1.95 bits per heavy atom. The first-order chi connectivity index (χ1) is 10.6. The molecule has 3 fully saturated rings. The zero-order valence-electron chi connectivity index (χ0n) is 12.1. The molecule has 6 nitrogen and oxygen atoms in total. The van der Waals surface area contributed by atoms with Crippen LogP contribution in [0.1, 0.15) is 24.6 Å². The lowest BCUT2D eigenvalue weighted by Crippen LogP contribution is -2.37. The Kier molecular flexibility index (Phi) is 3.16. The average Bonchev–Trinajstić information content (AvgIpc) is 3.18. The summed E-state index contributed by atoms with van der Waals surface area (Å²) in [5.41, 5.74) is 0.931. The van der Waals surface area contributed by atoms with Crippen LogP contribution in [-0.4, -0.2) is 48.5 Å². The van der Waals surface area contributed by atoms with E-state index < -0.39 is 9.84 Å². The molecule has 3 aliphatic heterocycles. The molecule has 3 unspecified atom stereocenters. The summed E-state index contributed by atoms with van der Waals surface area (Å²) < 4.78 is 24.2. The molecule has 3 saturated heterocycles. The zero-order chi connectivity index (χ0) is 15.3. The highest BCUT2D eigenvalue weighted by molar-refractivity contribution is 7.92. The van der Waals surface area contributed by atoms with Crippen LogP contribution in [0, 0.1) is 5.92 Å². The van der Waals surface area contributed by atoms with Crippen molar-refractivity contribution < 1.29 is 18.0 Å². The predicted molar refractivity (Wildman–Crippen MR) is 79.4 cm³/mol. The molecule has 3 atom stereocenters. The number of carbonyl (C=O) groups is 1. The maximum atomic E-state index is 12.5. The van der Waals surface area contributed by atoms with Crippen LogP contribution in [0.2, 0.25) is 0 Å². The van der Waals surface area contributed by atoms with Gasteiger partial charge in [0.2, 0.25) is 6.23 Å². The molecule has 0 saturated carbocycles. The largest absolute Gasteiger partial charge is 0.346 e. The van der Waals surface area contributed by atoms with E-state index in [1.807, 2.05) is 30.3 Å². The van der Waals surface area contributed by atoms with Crippen molar-refractivity contribution in [1.82, 2.24) is 9.96 Å². The number of rotatable bonds is 1. The summed E-state index contributed by atoms with van der Waals surface area (Å²) in [6, 6.07) is 9.30. The molecule has 0 aliphatic carbocycles. The van der Waals surface area contributed by atoms with Crippen LogP contribution in [-0.2, 0) is 14.7 Å². The summed E-state index contributed by atoms with van der Waals surface area (Å²) in [6.07, 6.45) is 1.25. The van der Waals surface area contributed by atoms with Crippen molar-refractivity contribution in [1.29, 1.82) is 0 Å². The smallest absolute Gasteiger partial charge is 0.321 e. The third-order valence-electron chi connectivity index (χ3n) is 4.77. The fourth-order valence-corrected chi connectivity index (χ4v) is 5.65. The lowest BCUT2D eigenvalue weighted by molar-refractivity contribution is 0.145. The van der Waals surface area contributed by atoms with Crippen molar-refractivity contribution in [3.05, 3.63) is 35.9 Å². The van der Waals surface area contributed by atoms with E-state index in [1.165, 1.54) is 5.06 Å². The molecule has 4 rings (SSSR count). The molecule has 118 valence electrons. The summed E-state index contributed by atoms with van der Waals surface area (Å²) in [6.45, 7) is 0.817. The average molecular weight is 322 g/mol. The van der Waals surface area contributed by atoms with Crippen LogP contribution in [0.15, 0.2) is 30.3 Å². The van der Waals surface area contributed by atoms with Gasteiger partial charge >= 0.3 is 6.03 Å². The fraction of sp³-hybridized carbons (Fsp3) is 0.533. The van der Waals surface area contributed by atoms with Crippen LogP contribution in [0.3, 0.4) is 0 Å². The van der Waals surface area contributed by atoms with Crippen LogP contribution in [0.5, 0.6) is 0 Å². The van der Waals surface area contributed by atoms with Gasteiger partial charge in [-0.25, -0.2) is 18.0 Å². The van der Waals surface area contributed by atoms with Crippen LogP contribution in [0.25, 0.3) is 0 Å². The Balaban J connectivity index is 1.45. The molecule has 0 bridgehead atoms. The first-order valence-electron chi connectivity index (χ1n) is 7.58. The molecule has 7 heteroatoms. The molecule has 3 heterocycles. The van der Waals surface area contributed by atoms with Crippen molar-refractivity contribution in [2.75, 3.05) is 18.8 Å². The van der Waals surface area contributed by atoms with Crippen molar-refractivity contribution in [2.24, 2.45) is 5.92 Å². The number of fused-ring (bicyclic) bond motifs is 1. The maximum Gasteiger partial charge on any atom is 0.346 e. The lowest BCUT2D eigenvalue weighted by Gasteiger charge is -2.23. The fourth-order valence-electron chi connectivity index (χ4n) is 3.56. The molecule has 2 amide bonds. The molecule has 3 aliphatic rings. The quantitative estimate of drug-likeness (QED) is 0.736. The molecule has 0 radical (unpaired) electrons. The summed E-state index contributed by atoms with van der Waals surface area (Å²) in [4.78, 5) is 19.5. The highest BCUT2D eigenvalue weighted by Crippen LogP contribution is 2.40. The minimum atomic E-state index is -3.05. The van der Waals surface area contributed by atoms with E-state index in [-0.39, 0.29) is 29.2 Å². The van der Waals surface area contributed by atoms with Crippen molar-refractivity contribution in [2.45, 2.75) is 24.3 Å². The summed E-state index contributed by atoms with van der Waals surface area (Å²) >= 11 is 0. The van der Waals surface area contributed by atoms with Gasteiger partial charge in [0, 0.05) is 18.7 Å². The van der Waals surface area contributed by atoms with E-state index in [0.29, 0.717) is 19.5 Å². The third-order valence-corrected chi connectivity index (χ3v) is 7.08. The van der Waals surface area contributed by atoms with Gasteiger partial charge in [0.15, 0.2) is 9.84 Å². The molecular formula is C15H18N2O4S. The molecule has 22 heavy (non-hydrogen) atoms. The minimum Gasteiger partial charge on any atom is -0.321 e. The van der Waals surface area contributed by atoms with E-state index in [2.05, 4.69) is 0 Å². The maximum absolute atomic E-state index is 12.5. The zero-order valence-corrected chi connectivity index (χ0v) is 12.9. The van der Waals surface area contributed by atoms with E-state index in [1.54, 1.807) is 4.90 Å². The Hall–Kier alpha value is -1.60. The molecule has 0 spiro atoms. The van der Waals surface area contributed by atoms with E-state index in [4.69, 9.17) is 4.84 Å². The molecular weight excluding hydrogens is 304 g/mol. The number of hydrogen-bond donors (Lipinski definition) is 0. The van der Waals surface area contributed by atoms with Gasteiger partial charge in [-0.05, 0) is 18.8 Å². The number of hydrogen-bond acceptors (Lipinski definition) is 4. The molecule has 1 aromatic carbocycles. The van der Waals surface area contributed by atoms with Gasteiger partial charge in [-0.1, -0.05) is 30.3 Å². The van der Waals surface area contributed by atoms with Gasteiger partial charge in [0.05, 0.1) is 11.0 Å².